The average Bonchev–Trinajstić information content (AvgIpc) is 2.94. The standard InChI is InChI=1S/C17H26Cl2N2O/c1-3-8-22-17-13(9-14(18)10-16(17)19)11-20-12-15-6-5-7-21(15)4-2/h9-10,15,20H,3-8,11-12H2,1-2H3/t15-/m1/s1. The second-order valence-corrected chi connectivity index (χ2v) is 6.62. The van der Waals surface area contributed by atoms with Crippen LogP contribution in [0.3, 0.4) is 0 Å². The first-order valence-electron chi connectivity index (χ1n) is 8.21. The summed E-state index contributed by atoms with van der Waals surface area (Å²) in [5.74, 6) is 0.763. The lowest BCUT2D eigenvalue weighted by Crippen LogP contribution is -2.37. The van der Waals surface area contributed by atoms with Crippen molar-refractivity contribution >= 4 is 23.2 Å². The number of nitrogens with zero attached hydrogens (tertiary/aromatic N) is 1. The minimum absolute atomic E-state index is 0.591. The number of hydrogen-bond acceptors (Lipinski definition) is 3. The van der Waals surface area contributed by atoms with Gasteiger partial charge in [-0.15, -0.1) is 0 Å². The van der Waals surface area contributed by atoms with E-state index in [0.29, 0.717) is 22.7 Å². The predicted molar refractivity (Wildman–Crippen MR) is 94.2 cm³/mol. The highest BCUT2D eigenvalue weighted by Gasteiger charge is 2.22. The molecule has 0 aliphatic carbocycles. The monoisotopic (exact) mass is 344 g/mol. The Kier molecular flexibility index (Phi) is 7.29. The molecule has 1 aromatic carbocycles. The molecule has 5 heteroatoms. The number of hydrogen-bond donors (Lipinski definition) is 1. The van der Waals surface area contributed by atoms with Gasteiger partial charge in [-0.1, -0.05) is 37.0 Å². The van der Waals surface area contributed by atoms with Crippen molar-refractivity contribution in [2.24, 2.45) is 0 Å². The summed E-state index contributed by atoms with van der Waals surface area (Å²) in [4.78, 5) is 2.53. The maximum Gasteiger partial charge on any atom is 0.142 e. The molecule has 3 nitrogen and oxygen atoms in total. The number of likely N-dealkylation sites (N-methyl/N-ethyl adjacent to an activating group) is 1. The topological polar surface area (TPSA) is 24.5 Å². The van der Waals surface area contributed by atoms with Crippen LogP contribution in [0.15, 0.2) is 12.1 Å². The van der Waals surface area contributed by atoms with Crippen LogP contribution in [0.2, 0.25) is 10.0 Å². The molecule has 1 N–H and O–H groups in total. The van der Waals surface area contributed by atoms with Crippen LogP contribution >= 0.6 is 23.2 Å². The molecule has 124 valence electrons. The van der Waals surface area contributed by atoms with Gasteiger partial charge in [0.2, 0.25) is 0 Å². The lowest BCUT2D eigenvalue weighted by molar-refractivity contribution is 0.259. The van der Waals surface area contributed by atoms with Crippen LogP contribution in [0.4, 0.5) is 0 Å². The number of halogens is 2. The quantitative estimate of drug-likeness (QED) is 0.758. The van der Waals surface area contributed by atoms with Gasteiger partial charge >= 0.3 is 0 Å². The van der Waals surface area contributed by atoms with E-state index in [1.165, 1.54) is 19.4 Å². The van der Waals surface area contributed by atoms with Gasteiger partial charge in [-0.2, -0.15) is 0 Å². The molecule has 1 atom stereocenters. The van der Waals surface area contributed by atoms with Crippen LogP contribution in [0, 0.1) is 0 Å². The van der Waals surface area contributed by atoms with Gasteiger partial charge in [0.15, 0.2) is 0 Å². The second kappa shape index (κ2) is 8.97. The fourth-order valence-corrected chi connectivity index (χ4v) is 3.62. The smallest absolute Gasteiger partial charge is 0.142 e. The Balaban J connectivity index is 1.96. The third-order valence-corrected chi connectivity index (χ3v) is 4.64. The van der Waals surface area contributed by atoms with Crippen LogP contribution in [-0.2, 0) is 6.54 Å². The number of likely N-dealkylation sites (tertiary alicyclic amines) is 1. The summed E-state index contributed by atoms with van der Waals surface area (Å²) in [5.41, 5.74) is 1.03. The minimum atomic E-state index is 0.591. The molecule has 1 fully saturated rings. The second-order valence-electron chi connectivity index (χ2n) is 5.78. The van der Waals surface area contributed by atoms with Gasteiger partial charge in [0.05, 0.1) is 11.6 Å². The molecule has 0 bridgehead atoms. The van der Waals surface area contributed by atoms with Crippen molar-refractivity contribution in [2.45, 2.75) is 45.7 Å². The molecule has 22 heavy (non-hydrogen) atoms. The number of ether oxygens (including phenoxy) is 1. The molecule has 1 saturated heterocycles. The molecule has 0 radical (unpaired) electrons. The molecule has 1 aliphatic heterocycles. The number of rotatable bonds is 8. The van der Waals surface area contributed by atoms with E-state index in [2.05, 4.69) is 24.1 Å². The van der Waals surface area contributed by atoms with E-state index in [-0.39, 0.29) is 0 Å². The zero-order valence-electron chi connectivity index (χ0n) is 13.5. The molecule has 0 saturated carbocycles. The van der Waals surface area contributed by atoms with Crippen molar-refractivity contribution in [2.75, 3.05) is 26.2 Å². The van der Waals surface area contributed by atoms with E-state index < -0.39 is 0 Å². The lowest BCUT2D eigenvalue weighted by Gasteiger charge is -2.23. The van der Waals surface area contributed by atoms with Gasteiger partial charge in [-0.25, -0.2) is 0 Å². The number of benzene rings is 1. The van der Waals surface area contributed by atoms with Crippen LogP contribution in [0.5, 0.6) is 5.75 Å². The molecule has 1 heterocycles. The zero-order valence-corrected chi connectivity index (χ0v) is 15.0. The van der Waals surface area contributed by atoms with Gasteiger partial charge in [0, 0.05) is 29.7 Å². The Bertz CT molecular complexity index is 482. The molecule has 0 spiro atoms. The predicted octanol–water partition coefficient (Wildman–Crippen LogP) is 4.36. The summed E-state index contributed by atoms with van der Waals surface area (Å²) in [6.45, 7) is 9.04. The van der Waals surface area contributed by atoms with Gasteiger partial charge in [0.25, 0.3) is 0 Å². The Morgan fingerprint density at radius 1 is 1.32 bits per heavy atom. The highest BCUT2D eigenvalue weighted by Crippen LogP contribution is 2.32. The molecule has 0 unspecified atom stereocenters. The van der Waals surface area contributed by atoms with E-state index in [9.17, 15) is 0 Å². The van der Waals surface area contributed by atoms with Crippen molar-refractivity contribution in [3.05, 3.63) is 27.7 Å². The van der Waals surface area contributed by atoms with E-state index in [0.717, 1.165) is 37.4 Å². The maximum atomic E-state index is 6.28. The van der Waals surface area contributed by atoms with Crippen LogP contribution in [0.1, 0.15) is 38.7 Å². The molecular weight excluding hydrogens is 319 g/mol. The van der Waals surface area contributed by atoms with Crippen LogP contribution in [0.25, 0.3) is 0 Å². The molecule has 1 aliphatic rings. The summed E-state index contributed by atoms with van der Waals surface area (Å²) in [7, 11) is 0. The first-order valence-corrected chi connectivity index (χ1v) is 8.96. The molecule has 0 amide bonds. The van der Waals surface area contributed by atoms with E-state index in [1.54, 1.807) is 6.07 Å². The Labute approximate surface area is 143 Å². The van der Waals surface area contributed by atoms with Gasteiger partial charge in [0.1, 0.15) is 5.75 Å². The largest absolute Gasteiger partial charge is 0.492 e. The van der Waals surface area contributed by atoms with Crippen LogP contribution in [-0.4, -0.2) is 37.2 Å². The first kappa shape index (κ1) is 17.9. The van der Waals surface area contributed by atoms with E-state index in [4.69, 9.17) is 27.9 Å². The molecule has 0 aromatic heterocycles. The summed E-state index contributed by atoms with van der Waals surface area (Å²) in [6, 6.07) is 4.32. The molecule has 1 aromatic rings. The fraction of sp³-hybridized carbons (Fsp3) is 0.647. The molecular formula is C17H26Cl2N2O. The SMILES string of the molecule is CCCOc1c(Cl)cc(Cl)cc1CNC[C@H]1CCCN1CC. The Morgan fingerprint density at radius 3 is 2.86 bits per heavy atom. The van der Waals surface area contributed by atoms with Gasteiger partial charge in [-0.3, -0.25) is 4.90 Å². The summed E-state index contributed by atoms with van der Waals surface area (Å²) < 4.78 is 5.80. The van der Waals surface area contributed by atoms with Crippen molar-refractivity contribution in [1.82, 2.24) is 10.2 Å². The normalized spacial score (nSPS) is 18.8. The number of nitrogens with one attached hydrogen (secondary N) is 1. The van der Waals surface area contributed by atoms with Crippen molar-refractivity contribution in [3.63, 3.8) is 0 Å². The van der Waals surface area contributed by atoms with E-state index in [1.807, 2.05) is 6.07 Å². The average molecular weight is 345 g/mol. The summed E-state index contributed by atoms with van der Waals surface area (Å²) in [5, 5.41) is 4.79. The third-order valence-electron chi connectivity index (χ3n) is 4.14. The van der Waals surface area contributed by atoms with Crippen molar-refractivity contribution in [3.8, 4) is 5.75 Å². The van der Waals surface area contributed by atoms with Crippen molar-refractivity contribution in [1.29, 1.82) is 0 Å². The Morgan fingerprint density at radius 2 is 2.14 bits per heavy atom. The van der Waals surface area contributed by atoms with Crippen LogP contribution < -0.4 is 10.1 Å². The van der Waals surface area contributed by atoms with Crippen molar-refractivity contribution < 1.29 is 4.74 Å². The lowest BCUT2D eigenvalue weighted by atomic mass is 10.1. The first-order chi connectivity index (χ1) is 10.7. The zero-order chi connectivity index (χ0) is 15.9. The summed E-state index contributed by atoms with van der Waals surface area (Å²) >= 11 is 12.4. The highest BCUT2D eigenvalue weighted by atomic mass is 35.5. The van der Waals surface area contributed by atoms with E-state index >= 15 is 0 Å². The minimum Gasteiger partial charge on any atom is -0.492 e. The summed E-state index contributed by atoms with van der Waals surface area (Å²) in [6.07, 6.45) is 3.53. The third kappa shape index (κ3) is 4.76. The molecule has 2 rings (SSSR count). The van der Waals surface area contributed by atoms with Gasteiger partial charge < -0.3 is 10.1 Å². The highest BCUT2D eigenvalue weighted by molar-refractivity contribution is 6.35. The van der Waals surface area contributed by atoms with Gasteiger partial charge in [-0.05, 0) is 44.5 Å². The fourth-order valence-electron chi connectivity index (χ4n) is 3.03. The maximum absolute atomic E-state index is 6.28. The Hall–Kier alpha value is -0.480.